The molecule has 5 nitrogen and oxygen atoms in total. The number of aliphatic hydroxyl groups is 1. The molecule has 1 N–H and O–H groups in total. The Labute approximate surface area is 131 Å². The Hall–Kier alpha value is -1.10. The van der Waals surface area contributed by atoms with Gasteiger partial charge in [0.15, 0.2) is 5.60 Å². The van der Waals surface area contributed by atoms with Crippen molar-refractivity contribution in [1.82, 2.24) is 0 Å². The smallest absolute Gasteiger partial charge is 0.339 e. The minimum absolute atomic E-state index is 0.00194. The Morgan fingerprint density at radius 1 is 1.36 bits per heavy atom. The number of hydrogen-bond acceptors (Lipinski definition) is 5. The number of esters is 2. The van der Waals surface area contributed by atoms with Gasteiger partial charge in [0, 0.05) is 17.3 Å². The van der Waals surface area contributed by atoms with Crippen LogP contribution < -0.4 is 0 Å². The van der Waals surface area contributed by atoms with Crippen LogP contribution in [0.4, 0.5) is 0 Å². The maximum atomic E-state index is 12.7. The lowest BCUT2D eigenvalue weighted by Crippen LogP contribution is -2.53. The first kappa shape index (κ1) is 15.8. The average Bonchev–Trinajstić information content (AvgIpc) is 3.02. The first-order chi connectivity index (χ1) is 10.2. The van der Waals surface area contributed by atoms with Crippen molar-refractivity contribution in [3.63, 3.8) is 0 Å². The number of hydrogen-bond donors (Lipinski definition) is 1. The zero-order chi connectivity index (χ0) is 16.3. The van der Waals surface area contributed by atoms with Gasteiger partial charge in [0.05, 0.1) is 5.92 Å². The summed E-state index contributed by atoms with van der Waals surface area (Å²) in [6.07, 6.45) is 2.01. The van der Waals surface area contributed by atoms with E-state index < -0.39 is 17.0 Å². The lowest BCUT2D eigenvalue weighted by atomic mass is 9.73. The lowest BCUT2D eigenvalue weighted by molar-refractivity contribution is -0.193. The number of ether oxygens (including phenoxy) is 2. The molecule has 5 heteroatoms. The van der Waals surface area contributed by atoms with Crippen LogP contribution in [0.5, 0.6) is 0 Å². The van der Waals surface area contributed by atoms with Gasteiger partial charge in [0.1, 0.15) is 12.2 Å². The summed E-state index contributed by atoms with van der Waals surface area (Å²) in [4.78, 5) is 24.4. The summed E-state index contributed by atoms with van der Waals surface area (Å²) < 4.78 is 11.1. The summed E-state index contributed by atoms with van der Waals surface area (Å²) >= 11 is 0. The molecule has 1 aliphatic heterocycles. The Balaban J connectivity index is 1.76. The van der Waals surface area contributed by atoms with E-state index in [9.17, 15) is 14.7 Å². The summed E-state index contributed by atoms with van der Waals surface area (Å²) in [6, 6.07) is 0. The van der Waals surface area contributed by atoms with Gasteiger partial charge >= 0.3 is 11.9 Å². The second-order valence-corrected chi connectivity index (χ2v) is 8.13. The predicted octanol–water partition coefficient (Wildman–Crippen LogP) is 2.06. The third-order valence-corrected chi connectivity index (χ3v) is 5.85. The first-order valence-electron chi connectivity index (χ1n) is 8.33. The third kappa shape index (κ3) is 2.08. The molecular formula is C17H26O5. The highest BCUT2D eigenvalue weighted by Gasteiger charge is 2.64. The fraction of sp³-hybridized carbons (Fsp3) is 0.882. The molecule has 1 saturated heterocycles. The molecule has 0 spiro atoms. The van der Waals surface area contributed by atoms with Crippen molar-refractivity contribution in [1.29, 1.82) is 0 Å². The molecule has 0 radical (unpaired) electrons. The molecule has 0 aromatic heterocycles. The molecule has 6 atom stereocenters. The molecular weight excluding hydrogens is 284 g/mol. The van der Waals surface area contributed by atoms with E-state index in [-0.39, 0.29) is 35.9 Å². The molecule has 0 amide bonds. The van der Waals surface area contributed by atoms with Crippen LogP contribution in [0.1, 0.15) is 53.4 Å². The Bertz CT molecular complexity index is 494. The van der Waals surface area contributed by atoms with Crippen molar-refractivity contribution >= 4 is 11.9 Å². The second-order valence-electron chi connectivity index (χ2n) is 8.13. The van der Waals surface area contributed by atoms with Crippen LogP contribution in [0.25, 0.3) is 0 Å². The van der Waals surface area contributed by atoms with Crippen molar-refractivity contribution < 1.29 is 24.2 Å². The van der Waals surface area contributed by atoms with Crippen LogP contribution in [-0.2, 0) is 19.1 Å². The molecule has 2 aliphatic carbocycles. The zero-order valence-electron chi connectivity index (χ0n) is 13.8. The largest absolute Gasteiger partial charge is 0.458 e. The topological polar surface area (TPSA) is 72.8 Å². The molecule has 6 unspecified atom stereocenters. The molecule has 22 heavy (non-hydrogen) atoms. The average molecular weight is 310 g/mol. The maximum absolute atomic E-state index is 12.7. The highest BCUT2D eigenvalue weighted by atomic mass is 16.6. The van der Waals surface area contributed by atoms with E-state index in [1.807, 2.05) is 27.7 Å². The molecule has 3 fully saturated rings. The van der Waals surface area contributed by atoms with E-state index in [0.717, 1.165) is 12.8 Å². The summed E-state index contributed by atoms with van der Waals surface area (Å²) in [6.45, 7) is 7.47. The minimum Gasteiger partial charge on any atom is -0.458 e. The van der Waals surface area contributed by atoms with E-state index in [1.54, 1.807) is 0 Å². The summed E-state index contributed by atoms with van der Waals surface area (Å²) in [5.41, 5.74) is -2.11. The highest BCUT2D eigenvalue weighted by molar-refractivity contribution is 5.81. The molecule has 3 rings (SSSR count). The normalized spacial score (nSPS) is 38.8. The Morgan fingerprint density at radius 3 is 2.64 bits per heavy atom. The van der Waals surface area contributed by atoms with E-state index in [4.69, 9.17) is 9.47 Å². The van der Waals surface area contributed by atoms with Crippen LogP contribution in [0.15, 0.2) is 0 Å². The van der Waals surface area contributed by atoms with Gasteiger partial charge < -0.3 is 14.6 Å². The second kappa shape index (κ2) is 4.95. The van der Waals surface area contributed by atoms with Crippen LogP contribution in [0.3, 0.4) is 0 Å². The van der Waals surface area contributed by atoms with E-state index in [1.165, 1.54) is 0 Å². The van der Waals surface area contributed by atoms with Crippen LogP contribution in [0.2, 0.25) is 0 Å². The molecule has 0 aromatic rings. The highest BCUT2D eigenvalue weighted by Crippen LogP contribution is 2.55. The van der Waals surface area contributed by atoms with Gasteiger partial charge in [0.25, 0.3) is 0 Å². The van der Waals surface area contributed by atoms with Crippen molar-refractivity contribution in [2.24, 2.45) is 23.2 Å². The van der Waals surface area contributed by atoms with Crippen LogP contribution in [-0.4, -0.2) is 34.9 Å². The maximum Gasteiger partial charge on any atom is 0.339 e. The van der Waals surface area contributed by atoms with Crippen molar-refractivity contribution in [3.8, 4) is 0 Å². The molecule has 2 saturated carbocycles. The van der Waals surface area contributed by atoms with Gasteiger partial charge in [-0.15, -0.1) is 0 Å². The van der Waals surface area contributed by atoms with Crippen molar-refractivity contribution in [2.75, 3.05) is 0 Å². The van der Waals surface area contributed by atoms with E-state index in [2.05, 4.69) is 0 Å². The molecule has 3 aliphatic rings. The summed E-state index contributed by atoms with van der Waals surface area (Å²) in [5, 5.41) is 10.9. The van der Waals surface area contributed by atoms with Gasteiger partial charge in [-0.1, -0.05) is 34.1 Å². The van der Waals surface area contributed by atoms with E-state index in [0.29, 0.717) is 12.8 Å². The standard InChI is InChI=1S/C17H26O5/c1-5-6-17(20,16(2,3)4)15(19)22-12-9-7-10-11(8-9)14(18)21-13(10)12/h9-13,20H,5-8H2,1-4H3. The van der Waals surface area contributed by atoms with Gasteiger partial charge in [0.2, 0.25) is 0 Å². The van der Waals surface area contributed by atoms with Crippen molar-refractivity contribution in [2.45, 2.75) is 71.2 Å². The number of fused-ring (bicyclic) bond motifs is 1. The quantitative estimate of drug-likeness (QED) is 0.805. The lowest BCUT2D eigenvalue weighted by Gasteiger charge is -2.39. The number of carbonyl (C=O) groups excluding carboxylic acids is 2. The summed E-state index contributed by atoms with van der Waals surface area (Å²) in [5.74, 6) is -0.317. The van der Waals surface area contributed by atoms with Gasteiger partial charge in [-0.25, -0.2) is 4.79 Å². The zero-order valence-corrected chi connectivity index (χ0v) is 13.8. The SMILES string of the molecule is CCCC(O)(C(=O)OC1C2CC3C(=O)OC1C3C2)C(C)(C)C. The van der Waals surface area contributed by atoms with Crippen molar-refractivity contribution in [3.05, 3.63) is 0 Å². The van der Waals surface area contributed by atoms with Crippen LogP contribution in [0, 0.1) is 23.2 Å². The Morgan fingerprint density at radius 2 is 2.05 bits per heavy atom. The molecule has 1 heterocycles. The molecule has 124 valence electrons. The monoisotopic (exact) mass is 310 g/mol. The summed E-state index contributed by atoms with van der Waals surface area (Å²) in [7, 11) is 0. The van der Waals surface area contributed by atoms with Crippen LogP contribution >= 0.6 is 0 Å². The molecule has 0 aromatic carbocycles. The molecule has 2 bridgehead atoms. The predicted molar refractivity (Wildman–Crippen MR) is 78.8 cm³/mol. The Kier molecular flexibility index (Phi) is 3.55. The minimum atomic E-state index is -1.51. The fourth-order valence-electron chi connectivity index (χ4n) is 4.43. The number of rotatable bonds is 4. The van der Waals surface area contributed by atoms with E-state index >= 15 is 0 Å². The third-order valence-electron chi connectivity index (χ3n) is 5.85. The van der Waals surface area contributed by atoms with Gasteiger partial charge in [-0.3, -0.25) is 4.79 Å². The fourth-order valence-corrected chi connectivity index (χ4v) is 4.43. The number of carbonyl (C=O) groups is 2. The first-order valence-corrected chi connectivity index (χ1v) is 8.33. The van der Waals surface area contributed by atoms with Gasteiger partial charge in [-0.2, -0.15) is 0 Å². The van der Waals surface area contributed by atoms with Gasteiger partial charge in [-0.05, 0) is 19.3 Å².